The highest BCUT2D eigenvalue weighted by atomic mass is 35.5. The first kappa shape index (κ1) is 27.8. The van der Waals surface area contributed by atoms with Gasteiger partial charge < -0.3 is 19.7 Å². The fourth-order valence-corrected chi connectivity index (χ4v) is 3.93. The Hall–Kier alpha value is -2.82. The lowest BCUT2D eigenvalue weighted by Crippen LogP contribution is -2.51. The monoisotopic (exact) mass is 538 g/mol. The molecule has 2 heterocycles. The third-order valence-corrected chi connectivity index (χ3v) is 6.51. The fraction of sp³-hybridized carbons (Fsp3) is 0.500. The first-order valence-electron chi connectivity index (χ1n) is 11.7. The van der Waals surface area contributed by atoms with Crippen LogP contribution in [0.1, 0.15) is 47.0 Å². The highest BCUT2D eigenvalue weighted by Gasteiger charge is 2.32. The Morgan fingerprint density at radius 1 is 1.22 bits per heavy atom. The van der Waals surface area contributed by atoms with Crippen molar-refractivity contribution in [3.63, 3.8) is 0 Å². The molecule has 0 unspecified atom stereocenters. The van der Waals surface area contributed by atoms with Gasteiger partial charge in [-0.25, -0.2) is 15.2 Å². The van der Waals surface area contributed by atoms with E-state index in [1.54, 1.807) is 24.5 Å². The first-order valence-corrected chi connectivity index (χ1v) is 12.5. The molecule has 0 saturated heterocycles. The van der Waals surface area contributed by atoms with Gasteiger partial charge in [-0.2, -0.15) is 9.89 Å². The minimum Gasteiger partial charge on any atom is -0.444 e. The van der Waals surface area contributed by atoms with Gasteiger partial charge >= 0.3 is 6.09 Å². The second-order valence-corrected chi connectivity index (χ2v) is 10.5. The summed E-state index contributed by atoms with van der Waals surface area (Å²) in [6, 6.07) is 4.20. The summed E-state index contributed by atoms with van der Waals surface area (Å²) in [5, 5.41) is 18.0. The summed E-state index contributed by atoms with van der Waals surface area (Å²) in [6.45, 7) is 8.15. The SMILES string of the molecule is CCCC[C@H](NC(=O)O[C@H](Cn1cnc2cc(Cl)c(Cl)cc21)C(C)(C)C)[C@H](O)C(=O)Nn1cccn1. The van der Waals surface area contributed by atoms with Gasteiger partial charge in [-0.05, 0) is 24.6 Å². The minimum absolute atomic E-state index is 0.313. The predicted octanol–water partition coefficient (Wildman–Crippen LogP) is 4.37. The van der Waals surface area contributed by atoms with Crippen molar-refractivity contribution in [3.05, 3.63) is 47.0 Å². The number of carbonyl (C=O) groups excluding carboxylic acids is 2. The Labute approximate surface area is 219 Å². The normalized spacial score (nSPS) is 14.3. The van der Waals surface area contributed by atoms with Gasteiger partial charge in [-0.3, -0.25) is 4.79 Å². The van der Waals surface area contributed by atoms with Gasteiger partial charge in [0.15, 0.2) is 6.10 Å². The van der Waals surface area contributed by atoms with Gasteiger partial charge in [0, 0.05) is 11.6 Å². The summed E-state index contributed by atoms with van der Waals surface area (Å²) < 4.78 is 7.67. The van der Waals surface area contributed by atoms with E-state index in [1.165, 1.54) is 17.2 Å². The predicted molar refractivity (Wildman–Crippen MR) is 139 cm³/mol. The number of hydrogen-bond donors (Lipinski definition) is 3. The van der Waals surface area contributed by atoms with E-state index >= 15 is 0 Å². The zero-order valence-electron chi connectivity index (χ0n) is 20.7. The van der Waals surface area contributed by atoms with E-state index in [1.807, 2.05) is 32.3 Å². The van der Waals surface area contributed by atoms with Crippen LogP contribution in [0.5, 0.6) is 0 Å². The van der Waals surface area contributed by atoms with Crippen LogP contribution in [0.25, 0.3) is 11.0 Å². The topological polar surface area (TPSA) is 123 Å². The summed E-state index contributed by atoms with van der Waals surface area (Å²) >= 11 is 12.3. The van der Waals surface area contributed by atoms with Gasteiger partial charge in [0.05, 0.1) is 46.2 Å². The molecule has 0 aliphatic heterocycles. The number of rotatable bonds is 10. The number of fused-ring (bicyclic) bond motifs is 1. The van der Waals surface area contributed by atoms with E-state index < -0.39 is 35.7 Å². The number of hydrogen-bond acceptors (Lipinski definition) is 6. The maximum absolute atomic E-state index is 13.0. The number of carbonyl (C=O) groups is 2. The highest BCUT2D eigenvalue weighted by molar-refractivity contribution is 6.42. The number of benzene rings is 1. The Morgan fingerprint density at radius 3 is 2.58 bits per heavy atom. The van der Waals surface area contributed by atoms with Crippen molar-refractivity contribution in [3.8, 4) is 0 Å². The van der Waals surface area contributed by atoms with Crippen LogP contribution in [0.4, 0.5) is 4.79 Å². The minimum atomic E-state index is -1.49. The number of aromatic nitrogens is 4. The van der Waals surface area contributed by atoms with Crippen molar-refractivity contribution in [1.82, 2.24) is 24.8 Å². The van der Waals surface area contributed by atoms with Crippen molar-refractivity contribution in [2.24, 2.45) is 5.41 Å². The number of aliphatic hydroxyl groups excluding tert-OH is 1. The highest BCUT2D eigenvalue weighted by Crippen LogP contribution is 2.29. The summed E-state index contributed by atoms with van der Waals surface area (Å²) in [5.41, 5.74) is 3.47. The molecule has 36 heavy (non-hydrogen) atoms. The first-order chi connectivity index (χ1) is 17.0. The third kappa shape index (κ3) is 7.11. The van der Waals surface area contributed by atoms with Crippen LogP contribution in [0.2, 0.25) is 10.0 Å². The molecule has 3 rings (SSSR count). The molecule has 196 valence electrons. The zero-order chi connectivity index (χ0) is 26.5. The van der Waals surface area contributed by atoms with Gasteiger partial charge in [0.2, 0.25) is 0 Å². The molecular weight excluding hydrogens is 507 g/mol. The van der Waals surface area contributed by atoms with E-state index in [-0.39, 0.29) is 0 Å². The molecule has 2 amide bonds. The number of nitrogens with one attached hydrogen (secondary N) is 2. The number of amides is 2. The second kappa shape index (κ2) is 11.9. The Kier molecular flexibility index (Phi) is 9.21. The van der Waals surface area contributed by atoms with Crippen LogP contribution in [0.15, 0.2) is 36.9 Å². The molecule has 0 aliphatic rings. The zero-order valence-corrected chi connectivity index (χ0v) is 22.3. The standard InChI is InChI=1S/C24H32Cl2N6O4/c1-5-6-8-17(21(33)22(34)30-32-10-7-9-28-32)29-23(35)36-20(24(2,3)4)13-31-14-27-18-11-15(25)16(26)12-19(18)31/h7,9-12,14,17,20-21,33H,5-6,8,13H2,1-4H3,(H,29,35)(H,30,34)/t17-,20+,21-/m0/s1. The van der Waals surface area contributed by atoms with E-state index in [0.717, 1.165) is 11.9 Å². The number of ether oxygens (including phenoxy) is 1. The van der Waals surface area contributed by atoms with Crippen molar-refractivity contribution >= 4 is 46.2 Å². The fourth-order valence-electron chi connectivity index (χ4n) is 3.61. The number of halogens is 2. The molecule has 0 bridgehead atoms. The number of imidazole rings is 1. The largest absolute Gasteiger partial charge is 0.444 e. The van der Waals surface area contributed by atoms with E-state index in [2.05, 4.69) is 20.8 Å². The summed E-state index contributed by atoms with van der Waals surface area (Å²) in [7, 11) is 0. The molecule has 3 N–H and O–H groups in total. The lowest BCUT2D eigenvalue weighted by molar-refractivity contribution is -0.126. The smallest absolute Gasteiger partial charge is 0.407 e. The average Bonchev–Trinajstić information content (AvgIpc) is 3.45. The van der Waals surface area contributed by atoms with E-state index in [4.69, 9.17) is 27.9 Å². The van der Waals surface area contributed by atoms with Crippen molar-refractivity contribution in [2.75, 3.05) is 5.43 Å². The summed E-state index contributed by atoms with van der Waals surface area (Å²) in [6.07, 6.45) is 3.80. The molecular formula is C24H32Cl2N6O4. The van der Waals surface area contributed by atoms with Crippen molar-refractivity contribution in [2.45, 2.75) is 71.8 Å². The number of nitrogens with zero attached hydrogens (tertiary/aromatic N) is 4. The lowest BCUT2D eigenvalue weighted by atomic mass is 9.89. The van der Waals surface area contributed by atoms with Crippen LogP contribution in [-0.4, -0.2) is 54.8 Å². The lowest BCUT2D eigenvalue weighted by Gasteiger charge is -2.32. The molecule has 10 nitrogen and oxygen atoms in total. The summed E-state index contributed by atoms with van der Waals surface area (Å²) in [5.74, 6) is -0.687. The Bertz CT molecular complexity index is 1180. The van der Waals surface area contributed by atoms with Crippen LogP contribution in [0, 0.1) is 5.41 Å². The molecule has 12 heteroatoms. The molecule has 0 fully saturated rings. The van der Waals surface area contributed by atoms with Crippen LogP contribution >= 0.6 is 23.2 Å². The van der Waals surface area contributed by atoms with Crippen molar-refractivity contribution in [1.29, 1.82) is 0 Å². The third-order valence-electron chi connectivity index (χ3n) is 5.79. The van der Waals surface area contributed by atoms with Crippen LogP contribution < -0.4 is 10.7 Å². The molecule has 0 saturated carbocycles. The summed E-state index contributed by atoms with van der Waals surface area (Å²) in [4.78, 5) is 31.0. The van der Waals surface area contributed by atoms with E-state index in [0.29, 0.717) is 34.9 Å². The van der Waals surface area contributed by atoms with Crippen LogP contribution in [0.3, 0.4) is 0 Å². The quantitative estimate of drug-likeness (QED) is 0.352. The molecule has 2 aromatic heterocycles. The Balaban J connectivity index is 1.72. The van der Waals surface area contributed by atoms with Gasteiger partial charge in [0.1, 0.15) is 6.10 Å². The van der Waals surface area contributed by atoms with Gasteiger partial charge in [0.25, 0.3) is 5.91 Å². The Morgan fingerprint density at radius 2 is 1.94 bits per heavy atom. The molecule has 0 aliphatic carbocycles. The molecule has 3 aromatic rings. The van der Waals surface area contributed by atoms with E-state index in [9.17, 15) is 14.7 Å². The maximum Gasteiger partial charge on any atom is 0.407 e. The van der Waals surface area contributed by atoms with Gasteiger partial charge in [-0.15, -0.1) is 0 Å². The number of alkyl carbamates (subject to hydrolysis) is 1. The van der Waals surface area contributed by atoms with Gasteiger partial charge in [-0.1, -0.05) is 63.7 Å². The second-order valence-electron chi connectivity index (χ2n) is 9.68. The van der Waals surface area contributed by atoms with Crippen LogP contribution in [-0.2, 0) is 16.1 Å². The molecule has 3 atom stereocenters. The van der Waals surface area contributed by atoms with Crippen molar-refractivity contribution < 1.29 is 19.4 Å². The number of unbranched alkanes of at least 4 members (excludes halogenated alkanes) is 1. The average molecular weight is 539 g/mol. The molecule has 0 radical (unpaired) electrons. The maximum atomic E-state index is 13.0. The molecule has 0 spiro atoms. The number of aliphatic hydroxyl groups is 1. The molecule has 1 aromatic carbocycles.